The second-order valence-corrected chi connectivity index (χ2v) is 7.01. The van der Waals surface area contributed by atoms with Crippen LogP contribution in [-0.4, -0.2) is 30.9 Å². The number of halogens is 1. The largest absolute Gasteiger partial charge is 0.462 e. The van der Waals surface area contributed by atoms with Crippen LogP contribution in [0.1, 0.15) is 29.3 Å². The first kappa shape index (κ1) is 19.1. The lowest BCUT2D eigenvalue weighted by atomic mass is 10.0. The number of carbonyl (C=O) groups is 3. The van der Waals surface area contributed by atoms with Crippen LogP contribution in [0.25, 0.3) is 0 Å². The first-order valence-electron chi connectivity index (χ1n) is 8.63. The quantitative estimate of drug-likeness (QED) is 0.735. The van der Waals surface area contributed by atoms with Crippen LogP contribution >= 0.6 is 15.9 Å². The highest BCUT2D eigenvalue weighted by Gasteiger charge is 2.26. The summed E-state index contributed by atoms with van der Waals surface area (Å²) in [4.78, 5) is 37.9. The molecule has 0 spiro atoms. The van der Waals surface area contributed by atoms with E-state index in [0.717, 1.165) is 15.7 Å². The molecule has 27 heavy (non-hydrogen) atoms. The molecule has 2 aromatic rings. The molecule has 140 valence electrons. The van der Waals surface area contributed by atoms with Gasteiger partial charge in [0.15, 0.2) is 0 Å². The summed E-state index contributed by atoms with van der Waals surface area (Å²) in [5, 5.41) is 2.76. The van der Waals surface area contributed by atoms with Crippen molar-refractivity contribution >= 4 is 45.1 Å². The molecule has 0 atom stereocenters. The highest BCUT2D eigenvalue weighted by molar-refractivity contribution is 9.10. The number of anilines is 2. The number of ether oxygens (including phenoxy) is 1. The Morgan fingerprint density at radius 1 is 1.15 bits per heavy atom. The zero-order valence-electron chi connectivity index (χ0n) is 14.8. The molecule has 1 heterocycles. The Kier molecular flexibility index (Phi) is 5.91. The number of benzene rings is 2. The Balaban J connectivity index is 1.67. The molecule has 0 bridgehead atoms. The topological polar surface area (TPSA) is 75.7 Å². The van der Waals surface area contributed by atoms with E-state index in [1.165, 1.54) is 4.90 Å². The number of aryl methyl sites for hydroxylation is 1. The molecule has 0 fully saturated rings. The number of hydrogen-bond donors (Lipinski definition) is 1. The summed E-state index contributed by atoms with van der Waals surface area (Å²) in [6.45, 7) is 1.98. The van der Waals surface area contributed by atoms with Gasteiger partial charge in [0.1, 0.15) is 6.54 Å². The molecule has 7 heteroatoms. The van der Waals surface area contributed by atoms with E-state index < -0.39 is 5.97 Å². The summed E-state index contributed by atoms with van der Waals surface area (Å²) in [6.07, 6.45) is 1.05. The highest BCUT2D eigenvalue weighted by Crippen LogP contribution is 2.30. The second-order valence-electron chi connectivity index (χ2n) is 6.10. The van der Waals surface area contributed by atoms with Crippen LogP contribution in [0.3, 0.4) is 0 Å². The SMILES string of the molecule is CCOC(=O)c1ccc(NC(=O)CN2C(=O)CCc3cc(Br)ccc32)cc1. The van der Waals surface area contributed by atoms with Crippen LogP contribution in [0.2, 0.25) is 0 Å². The van der Waals surface area contributed by atoms with Crippen molar-refractivity contribution in [1.82, 2.24) is 0 Å². The Hall–Kier alpha value is -2.67. The third-order valence-electron chi connectivity index (χ3n) is 4.22. The number of carbonyl (C=O) groups excluding carboxylic acids is 3. The van der Waals surface area contributed by atoms with Crippen LogP contribution in [-0.2, 0) is 20.7 Å². The van der Waals surface area contributed by atoms with Gasteiger partial charge >= 0.3 is 5.97 Å². The molecular weight excluding hydrogens is 412 g/mol. The van der Waals surface area contributed by atoms with Crippen molar-refractivity contribution < 1.29 is 19.1 Å². The minimum atomic E-state index is -0.406. The van der Waals surface area contributed by atoms with Crippen LogP contribution in [0.15, 0.2) is 46.9 Å². The fourth-order valence-corrected chi connectivity index (χ4v) is 3.36. The van der Waals surface area contributed by atoms with Crippen molar-refractivity contribution in [3.63, 3.8) is 0 Å². The molecule has 3 rings (SSSR count). The van der Waals surface area contributed by atoms with Gasteiger partial charge in [0.2, 0.25) is 11.8 Å². The van der Waals surface area contributed by atoms with E-state index in [1.54, 1.807) is 31.2 Å². The van der Waals surface area contributed by atoms with E-state index in [0.29, 0.717) is 30.7 Å². The highest BCUT2D eigenvalue weighted by atomic mass is 79.9. The molecule has 0 saturated carbocycles. The fourth-order valence-electron chi connectivity index (χ4n) is 2.95. The van der Waals surface area contributed by atoms with E-state index in [9.17, 15) is 14.4 Å². The number of rotatable bonds is 5. The van der Waals surface area contributed by atoms with Crippen molar-refractivity contribution in [3.05, 3.63) is 58.1 Å². The van der Waals surface area contributed by atoms with Gasteiger partial charge in [0.25, 0.3) is 0 Å². The molecule has 0 radical (unpaired) electrons. The predicted molar refractivity (Wildman–Crippen MR) is 106 cm³/mol. The second kappa shape index (κ2) is 8.35. The van der Waals surface area contributed by atoms with Crippen molar-refractivity contribution in [2.45, 2.75) is 19.8 Å². The number of esters is 1. The van der Waals surface area contributed by atoms with Crippen molar-refractivity contribution in [2.24, 2.45) is 0 Å². The van der Waals surface area contributed by atoms with Crippen molar-refractivity contribution in [3.8, 4) is 0 Å². The lowest BCUT2D eigenvalue weighted by Crippen LogP contribution is -2.40. The molecule has 1 aliphatic rings. The Labute approximate surface area is 165 Å². The van der Waals surface area contributed by atoms with E-state index >= 15 is 0 Å². The Morgan fingerprint density at radius 3 is 2.59 bits per heavy atom. The van der Waals surface area contributed by atoms with Gasteiger partial charge in [0.05, 0.1) is 12.2 Å². The first-order valence-corrected chi connectivity index (χ1v) is 9.43. The summed E-state index contributed by atoms with van der Waals surface area (Å²) in [7, 11) is 0. The van der Waals surface area contributed by atoms with E-state index in [-0.39, 0.29) is 18.4 Å². The van der Waals surface area contributed by atoms with Gasteiger partial charge in [-0.05, 0) is 61.4 Å². The molecule has 1 aliphatic heterocycles. The van der Waals surface area contributed by atoms with Crippen LogP contribution in [0.5, 0.6) is 0 Å². The minimum absolute atomic E-state index is 0.0624. The summed E-state index contributed by atoms with van der Waals surface area (Å²) >= 11 is 3.43. The monoisotopic (exact) mass is 430 g/mol. The average molecular weight is 431 g/mol. The minimum Gasteiger partial charge on any atom is -0.462 e. The molecular formula is C20H19BrN2O4. The number of fused-ring (bicyclic) bond motifs is 1. The molecule has 6 nitrogen and oxygen atoms in total. The standard InChI is InChI=1S/C20H19BrN2O4/c1-2-27-20(26)13-3-7-16(8-4-13)22-18(24)12-23-17-9-6-15(21)11-14(17)5-10-19(23)25/h3-4,6-9,11H,2,5,10,12H2,1H3,(H,22,24). The number of amides is 2. The lowest BCUT2D eigenvalue weighted by Gasteiger charge is -2.29. The zero-order chi connectivity index (χ0) is 19.4. The van der Waals surface area contributed by atoms with Gasteiger partial charge in [-0.2, -0.15) is 0 Å². The van der Waals surface area contributed by atoms with Crippen molar-refractivity contribution in [1.29, 1.82) is 0 Å². The summed E-state index contributed by atoms with van der Waals surface area (Å²) in [5.41, 5.74) is 2.77. The molecule has 2 amide bonds. The molecule has 0 saturated heterocycles. The van der Waals surface area contributed by atoms with Gasteiger partial charge in [-0.3, -0.25) is 9.59 Å². The van der Waals surface area contributed by atoms with E-state index in [1.807, 2.05) is 18.2 Å². The third-order valence-corrected chi connectivity index (χ3v) is 4.72. The normalized spacial score (nSPS) is 13.1. The van der Waals surface area contributed by atoms with Gasteiger partial charge in [-0.15, -0.1) is 0 Å². The smallest absolute Gasteiger partial charge is 0.338 e. The van der Waals surface area contributed by atoms with Crippen LogP contribution < -0.4 is 10.2 Å². The summed E-state index contributed by atoms with van der Waals surface area (Å²) in [5.74, 6) is -0.780. The molecule has 1 N–H and O–H groups in total. The third kappa shape index (κ3) is 4.54. The molecule has 0 aliphatic carbocycles. The van der Waals surface area contributed by atoms with E-state index in [2.05, 4.69) is 21.2 Å². The predicted octanol–water partition coefficient (Wildman–Crippen LogP) is 3.54. The van der Waals surface area contributed by atoms with Gasteiger partial charge in [-0.25, -0.2) is 4.79 Å². The van der Waals surface area contributed by atoms with Crippen LogP contribution in [0.4, 0.5) is 11.4 Å². The number of hydrogen-bond acceptors (Lipinski definition) is 4. The number of nitrogens with one attached hydrogen (secondary N) is 1. The Bertz CT molecular complexity index is 880. The fraction of sp³-hybridized carbons (Fsp3) is 0.250. The van der Waals surface area contributed by atoms with Gasteiger partial charge < -0.3 is 15.0 Å². The maximum atomic E-state index is 12.4. The number of nitrogens with zero attached hydrogens (tertiary/aromatic N) is 1. The first-order chi connectivity index (χ1) is 13.0. The lowest BCUT2D eigenvalue weighted by molar-refractivity contribution is -0.121. The van der Waals surface area contributed by atoms with Gasteiger partial charge in [-0.1, -0.05) is 15.9 Å². The van der Waals surface area contributed by atoms with Crippen LogP contribution in [0, 0.1) is 0 Å². The molecule has 2 aromatic carbocycles. The molecule has 0 unspecified atom stereocenters. The van der Waals surface area contributed by atoms with E-state index in [4.69, 9.17) is 4.74 Å². The maximum Gasteiger partial charge on any atom is 0.338 e. The average Bonchev–Trinajstić information content (AvgIpc) is 2.65. The van der Waals surface area contributed by atoms with Gasteiger partial charge in [0, 0.05) is 22.3 Å². The van der Waals surface area contributed by atoms with Crippen molar-refractivity contribution in [2.75, 3.05) is 23.4 Å². The maximum absolute atomic E-state index is 12.4. The zero-order valence-corrected chi connectivity index (χ0v) is 16.4. The molecule has 0 aromatic heterocycles. The summed E-state index contributed by atoms with van der Waals surface area (Å²) in [6, 6.07) is 12.1. The Morgan fingerprint density at radius 2 is 1.89 bits per heavy atom. The summed E-state index contributed by atoms with van der Waals surface area (Å²) < 4.78 is 5.88.